The van der Waals surface area contributed by atoms with E-state index in [0.717, 1.165) is 51.4 Å². The summed E-state index contributed by atoms with van der Waals surface area (Å²) in [5.74, 6) is -2.38. The zero-order chi connectivity index (χ0) is 42.8. The molecule has 0 spiro atoms. The molecule has 0 aromatic carbocycles. The molecule has 12 heteroatoms. The fraction of sp³-hybridized carbons (Fsp3) is 0.848. The number of carboxylic acids is 1. The van der Waals surface area contributed by atoms with E-state index in [0.29, 0.717) is 12.8 Å². The Morgan fingerprint density at radius 1 is 0.517 bits per heavy atom. The van der Waals surface area contributed by atoms with Crippen LogP contribution in [-0.4, -0.2) is 59.9 Å². The average Bonchev–Trinajstić information content (AvgIpc) is 3.20. The molecule has 0 radical (unpaired) electrons. The molecule has 0 fully saturated rings. The number of carbonyl (C=O) groups excluding carboxylic acids is 2. The molecule has 0 saturated heterocycles. The number of phosphoric acid groups is 1. The molecule has 0 bridgehead atoms. The SMILES string of the molecule is CCCCCCCC/C=C\CCCCCCCCCC(=O)OCC(COP(=O)(O)OCC(N)C(=O)O)OC(=O)CCCCCCCCC/C=C\CCCCCCCC. The summed E-state index contributed by atoms with van der Waals surface area (Å²) < 4.78 is 32.8. The summed E-state index contributed by atoms with van der Waals surface area (Å²) in [6.45, 7) is 2.81. The van der Waals surface area contributed by atoms with Crippen molar-refractivity contribution >= 4 is 25.7 Å². The topological polar surface area (TPSA) is 172 Å². The van der Waals surface area contributed by atoms with E-state index in [1.807, 2.05) is 0 Å². The Bertz CT molecular complexity index is 1080. The van der Waals surface area contributed by atoms with Gasteiger partial charge in [-0.1, -0.05) is 167 Å². The highest BCUT2D eigenvalue weighted by molar-refractivity contribution is 7.47. The Labute approximate surface area is 353 Å². The van der Waals surface area contributed by atoms with Crippen LogP contribution in [0.3, 0.4) is 0 Å². The van der Waals surface area contributed by atoms with Gasteiger partial charge in [-0.15, -0.1) is 0 Å². The molecule has 0 aromatic heterocycles. The Morgan fingerprint density at radius 3 is 1.26 bits per heavy atom. The first kappa shape index (κ1) is 56.0. The zero-order valence-corrected chi connectivity index (χ0v) is 37.8. The van der Waals surface area contributed by atoms with Crippen molar-refractivity contribution in [1.82, 2.24) is 0 Å². The van der Waals surface area contributed by atoms with Gasteiger partial charge in [-0.05, 0) is 64.2 Å². The van der Waals surface area contributed by atoms with Crippen LogP contribution >= 0.6 is 7.82 Å². The predicted octanol–water partition coefficient (Wildman–Crippen LogP) is 12.6. The number of rotatable bonds is 44. The number of phosphoric ester groups is 1. The standard InChI is InChI=1S/C46H86NO10P/c1-3-5-7-9-11-13-15-17-19-21-23-25-27-29-31-33-35-37-44(48)54-39-42(40-55-58(52,53)56-41-43(47)46(50)51)57-45(49)38-36-34-32-30-28-26-24-22-20-18-16-14-12-10-8-6-4-2/h17-20,42-43H,3-16,21-41,47H2,1-2H3,(H,50,51)(H,52,53)/b19-17-,20-18-. The zero-order valence-electron chi connectivity index (χ0n) is 36.9. The first-order chi connectivity index (χ1) is 28.1. The highest BCUT2D eigenvalue weighted by Gasteiger charge is 2.28. The van der Waals surface area contributed by atoms with E-state index in [1.54, 1.807) is 0 Å². The van der Waals surface area contributed by atoms with Gasteiger partial charge in [0.05, 0.1) is 13.2 Å². The van der Waals surface area contributed by atoms with Gasteiger partial charge < -0.3 is 25.2 Å². The number of carboxylic acid groups (broad SMARTS) is 1. The number of allylic oxidation sites excluding steroid dienone is 4. The van der Waals surface area contributed by atoms with E-state index in [2.05, 4.69) is 42.7 Å². The number of carbonyl (C=O) groups is 3. The van der Waals surface area contributed by atoms with Gasteiger partial charge >= 0.3 is 25.7 Å². The Hall–Kier alpha value is -2.04. The summed E-state index contributed by atoms with van der Waals surface area (Å²) in [5, 5.41) is 8.90. The molecule has 0 aliphatic rings. The molecule has 0 aliphatic heterocycles. The minimum atomic E-state index is -4.72. The van der Waals surface area contributed by atoms with Crippen LogP contribution in [0.2, 0.25) is 0 Å². The number of hydrogen-bond acceptors (Lipinski definition) is 9. The Balaban J connectivity index is 4.32. The third-order valence-corrected chi connectivity index (χ3v) is 11.1. The molecule has 3 atom stereocenters. The normalized spacial score (nSPS) is 13.9. The van der Waals surface area contributed by atoms with Gasteiger partial charge in [-0.3, -0.25) is 23.4 Å². The van der Waals surface area contributed by atoms with Crippen LogP contribution in [0.1, 0.15) is 219 Å². The van der Waals surface area contributed by atoms with Crippen molar-refractivity contribution in [2.75, 3.05) is 19.8 Å². The van der Waals surface area contributed by atoms with Crippen molar-refractivity contribution in [2.24, 2.45) is 5.73 Å². The minimum absolute atomic E-state index is 0.157. The van der Waals surface area contributed by atoms with Crippen molar-refractivity contribution < 1.29 is 47.5 Å². The molecule has 0 rings (SSSR count). The number of ether oxygens (including phenoxy) is 2. The maximum atomic E-state index is 12.6. The molecule has 340 valence electrons. The van der Waals surface area contributed by atoms with E-state index in [9.17, 15) is 23.8 Å². The highest BCUT2D eigenvalue weighted by atomic mass is 31.2. The Kier molecular flexibility index (Phi) is 40.2. The van der Waals surface area contributed by atoms with E-state index in [4.69, 9.17) is 24.8 Å². The summed E-state index contributed by atoms with van der Waals surface area (Å²) in [4.78, 5) is 46.0. The fourth-order valence-corrected chi connectivity index (χ4v) is 7.24. The molecule has 0 aromatic rings. The van der Waals surface area contributed by atoms with Crippen molar-refractivity contribution in [3.63, 3.8) is 0 Å². The lowest BCUT2D eigenvalue weighted by Crippen LogP contribution is -2.34. The van der Waals surface area contributed by atoms with Crippen LogP contribution in [0.15, 0.2) is 24.3 Å². The van der Waals surface area contributed by atoms with Gasteiger partial charge in [0.2, 0.25) is 0 Å². The van der Waals surface area contributed by atoms with Gasteiger partial charge in [-0.2, -0.15) is 0 Å². The third kappa shape index (κ3) is 40.7. The quantitative estimate of drug-likeness (QED) is 0.0231. The second-order valence-corrected chi connectivity index (χ2v) is 17.3. The first-order valence-corrected chi connectivity index (χ1v) is 24.9. The molecular weight excluding hydrogens is 757 g/mol. The molecule has 58 heavy (non-hydrogen) atoms. The van der Waals surface area contributed by atoms with E-state index in [1.165, 1.54) is 128 Å². The summed E-state index contributed by atoms with van der Waals surface area (Å²) in [5.41, 5.74) is 5.34. The lowest BCUT2D eigenvalue weighted by atomic mass is 10.1. The summed E-state index contributed by atoms with van der Waals surface area (Å²) in [6.07, 6.45) is 43.8. The van der Waals surface area contributed by atoms with Gasteiger partial charge in [0.25, 0.3) is 0 Å². The van der Waals surface area contributed by atoms with Crippen molar-refractivity contribution in [2.45, 2.75) is 231 Å². The third-order valence-electron chi connectivity index (χ3n) is 10.2. The van der Waals surface area contributed by atoms with E-state index < -0.39 is 51.1 Å². The minimum Gasteiger partial charge on any atom is -0.480 e. The van der Waals surface area contributed by atoms with Gasteiger partial charge in [0, 0.05) is 12.8 Å². The summed E-state index contributed by atoms with van der Waals surface area (Å²) in [7, 11) is -4.72. The Morgan fingerprint density at radius 2 is 0.862 bits per heavy atom. The lowest BCUT2D eigenvalue weighted by molar-refractivity contribution is -0.161. The number of nitrogens with two attached hydrogens (primary N) is 1. The lowest BCUT2D eigenvalue weighted by Gasteiger charge is -2.20. The largest absolute Gasteiger partial charge is 0.480 e. The van der Waals surface area contributed by atoms with Crippen LogP contribution < -0.4 is 5.73 Å². The monoisotopic (exact) mass is 844 g/mol. The van der Waals surface area contributed by atoms with E-state index in [-0.39, 0.29) is 19.4 Å². The van der Waals surface area contributed by atoms with Crippen LogP contribution in [-0.2, 0) is 37.5 Å². The van der Waals surface area contributed by atoms with E-state index >= 15 is 0 Å². The van der Waals surface area contributed by atoms with Gasteiger partial charge in [-0.25, -0.2) is 4.57 Å². The fourth-order valence-electron chi connectivity index (χ4n) is 6.47. The maximum absolute atomic E-state index is 12.6. The summed E-state index contributed by atoms with van der Waals surface area (Å²) >= 11 is 0. The van der Waals surface area contributed by atoms with Gasteiger partial charge in [0.15, 0.2) is 6.10 Å². The molecule has 0 saturated carbocycles. The van der Waals surface area contributed by atoms with Crippen molar-refractivity contribution in [3.05, 3.63) is 24.3 Å². The molecular formula is C46H86NO10P. The van der Waals surface area contributed by atoms with Gasteiger partial charge in [0.1, 0.15) is 12.6 Å². The average molecular weight is 844 g/mol. The van der Waals surface area contributed by atoms with Crippen molar-refractivity contribution in [3.8, 4) is 0 Å². The molecule has 0 aliphatic carbocycles. The second kappa shape index (κ2) is 41.7. The molecule has 3 unspecified atom stereocenters. The van der Waals surface area contributed by atoms with Crippen LogP contribution in [0.5, 0.6) is 0 Å². The second-order valence-electron chi connectivity index (χ2n) is 15.9. The first-order valence-electron chi connectivity index (χ1n) is 23.4. The smallest absolute Gasteiger partial charge is 0.472 e. The molecule has 11 nitrogen and oxygen atoms in total. The van der Waals surface area contributed by atoms with Crippen LogP contribution in [0.25, 0.3) is 0 Å². The van der Waals surface area contributed by atoms with Crippen molar-refractivity contribution in [1.29, 1.82) is 0 Å². The predicted molar refractivity (Wildman–Crippen MR) is 236 cm³/mol. The maximum Gasteiger partial charge on any atom is 0.472 e. The molecule has 4 N–H and O–H groups in total. The molecule has 0 heterocycles. The van der Waals surface area contributed by atoms with Crippen LogP contribution in [0.4, 0.5) is 0 Å². The number of aliphatic carboxylic acids is 1. The molecule has 0 amide bonds. The number of esters is 2. The summed E-state index contributed by atoms with van der Waals surface area (Å²) in [6, 6.07) is -1.52. The number of unbranched alkanes of at least 4 members (excludes halogenated alkanes) is 26. The number of hydrogen-bond donors (Lipinski definition) is 3. The highest BCUT2D eigenvalue weighted by Crippen LogP contribution is 2.43. The van der Waals surface area contributed by atoms with Crippen LogP contribution in [0, 0.1) is 0 Å².